The first-order valence-corrected chi connectivity index (χ1v) is 9.20. The van der Waals surface area contributed by atoms with Crippen LogP contribution in [-0.2, 0) is 16.0 Å². The first-order valence-electron chi connectivity index (χ1n) is 9.20. The van der Waals surface area contributed by atoms with E-state index in [4.69, 9.17) is 9.47 Å². The lowest BCUT2D eigenvalue weighted by molar-refractivity contribution is -0.136. The quantitative estimate of drug-likeness (QED) is 0.602. The lowest BCUT2D eigenvalue weighted by atomic mass is 10.1. The van der Waals surface area contributed by atoms with Gasteiger partial charge in [-0.1, -0.05) is 36.4 Å². The van der Waals surface area contributed by atoms with Gasteiger partial charge in [0.05, 0.1) is 7.11 Å². The van der Waals surface area contributed by atoms with Crippen LogP contribution >= 0.6 is 0 Å². The SMILES string of the molecule is COc1ccccc1CCNC(=O)C(=O)Nc1ccc(Oc2ccccc2)cc1. The van der Waals surface area contributed by atoms with Crippen LogP contribution in [0.25, 0.3) is 0 Å². The van der Waals surface area contributed by atoms with Gasteiger partial charge in [0.25, 0.3) is 0 Å². The Morgan fingerprint density at radius 1 is 0.793 bits per heavy atom. The molecule has 0 saturated carbocycles. The van der Waals surface area contributed by atoms with Gasteiger partial charge in [-0.15, -0.1) is 0 Å². The summed E-state index contributed by atoms with van der Waals surface area (Å²) in [6.07, 6.45) is 0.564. The Balaban J connectivity index is 1.47. The molecule has 0 bridgehead atoms. The van der Waals surface area contributed by atoms with Gasteiger partial charge in [0, 0.05) is 12.2 Å². The maximum Gasteiger partial charge on any atom is 0.313 e. The number of hydrogen-bond acceptors (Lipinski definition) is 4. The van der Waals surface area contributed by atoms with E-state index in [0.717, 1.165) is 17.1 Å². The molecule has 148 valence electrons. The van der Waals surface area contributed by atoms with Crippen LogP contribution in [0.4, 0.5) is 5.69 Å². The van der Waals surface area contributed by atoms with Gasteiger partial charge in [-0.3, -0.25) is 9.59 Å². The van der Waals surface area contributed by atoms with Crippen LogP contribution in [-0.4, -0.2) is 25.5 Å². The third kappa shape index (κ3) is 5.84. The van der Waals surface area contributed by atoms with Gasteiger partial charge in [0.2, 0.25) is 0 Å². The van der Waals surface area contributed by atoms with E-state index >= 15 is 0 Å². The molecule has 0 aliphatic carbocycles. The smallest absolute Gasteiger partial charge is 0.313 e. The van der Waals surface area contributed by atoms with Gasteiger partial charge in [-0.25, -0.2) is 0 Å². The molecule has 0 aliphatic heterocycles. The summed E-state index contributed by atoms with van der Waals surface area (Å²) in [6.45, 7) is 0.330. The molecule has 0 radical (unpaired) electrons. The molecular weight excluding hydrogens is 368 g/mol. The van der Waals surface area contributed by atoms with Crippen LogP contribution in [0, 0.1) is 0 Å². The molecule has 0 saturated heterocycles. The highest BCUT2D eigenvalue weighted by Crippen LogP contribution is 2.22. The minimum Gasteiger partial charge on any atom is -0.496 e. The van der Waals surface area contributed by atoms with E-state index in [1.165, 1.54) is 0 Å². The highest BCUT2D eigenvalue weighted by Gasteiger charge is 2.13. The van der Waals surface area contributed by atoms with Crippen molar-refractivity contribution in [1.82, 2.24) is 5.32 Å². The summed E-state index contributed by atoms with van der Waals surface area (Å²) in [5.41, 5.74) is 1.47. The monoisotopic (exact) mass is 390 g/mol. The van der Waals surface area contributed by atoms with Crippen molar-refractivity contribution in [1.29, 1.82) is 0 Å². The lowest BCUT2D eigenvalue weighted by Gasteiger charge is -2.10. The van der Waals surface area contributed by atoms with Crippen LogP contribution in [0.1, 0.15) is 5.56 Å². The summed E-state index contributed by atoms with van der Waals surface area (Å²) >= 11 is 0. The number of ether oxygens (including phenoxy) is 2. The Kier molecular flexibility index (Phi) is 6.84. The summed E-state index contributed by atoms with van der Waals surface area (Å²) in [5, 5.41) is 5.19. The largest absolute Gasteiger partial charge is 0.496 e. The summed E-state index contributed by atoms with van der Waals surface area (Å²) in [7, 11) is 1.60. The molecule has 2 amide bonds. The number of rotatable bonds is 7. The zero-order valence-electron chi connectivity index (χ0n) is 16.1. The second-order valence-electron chi connectivity index (χ2n) is 6.21. The zero-order chi connectivity index (χ0) is 20.5. The number of nitrogens with one attached hydrogen (secondary N) is 2. The van der Waals surface area contributed by atoms with Crippen LogP contribution in [0.3, 0.4) is 0 Å². The number of benzene rings is 3. The minimum absolute atomic E-state index is 0.330. The predicted molar refractivity (Wildman–Crippen MR) is 111 cm³/mol. The molecule has 0 aromatic heterocycles. The van der Waals surface area contributed by atoms with E-state index in [2.05, 4.69) is 10.6 Å². The third-order valence-corrected chi connectivity index (χ3v) is 4.17. The standard InChI is InChI=1S/C23H22N2O4/c1-28-21-10-6-5-7-17(21)15-16-24-22(26)23(27)25-18-11-13-20(14-12-18)29-19-8-3-2-4-9-19/h2-14H,15-16H2,1H3,(H,24,26)(H,25,27). The number of carbonyl (C=O) groups is 2. The average Bonchev–Trinajstić information content (AvgIpc) is 2.76. The first kappa shape index (κ1) is 19.9. The molecular formula is C23H22N2O4. The second kappa shape index (κ2) is 9.94. The van der Waals surface area contributed by atoms with Crippen molar-refractivity contribution in [3.63, 3.8) is 0 Å². The molecule has 29 heavy (non-hydrogen) atoms. The lowest BCUT2D eigenvalue weighted by Crippen LogP contribution is -2.36. The highest BCUT2D eigenvalue weighted by molar-refractivity contribution is 6.39. The summed E-state index contributed by atoms with van der Waals surface area (Å²) in [5.74, 6) is 0.699. The van der Waals surface area contributed by atoms with E-state index in [1.807, 2.05) is 54.6 Å². The van der Waals surface area contributed by atoms with Crippen molar-refractivity contribution in [2.75, 3.05) is 19.0 Å². The van der Waals surface area contributed by atoms with E-state index < -0.39 is 11.8 Å². The maximum absolute atomic E-state index is 12.1. The van der Waals surface area contributed by atoms with Gasteiger partial charge in [0.15, 0.2) is 0 Å². The van der Waals surface area contributed by atoms with Crippen molar-refractivity contribution in [3.8, 4) is 17.2 Å². The minimum atomic E-state index is -0.721. The van der Waals surface area contributed by atoms with Gasteiger partial charge in [-0.05, 0) is 54.4 Å². The zero-order valence-corrected chi connectivity index (χ0v) is 16.1. The van der Waals surface area contributed by atoms with Gasteiger partial charge < -0.3 is 20.1 Å². The third-order valence-electron chi connectivity index (χ3n) is 4.17. The number of carbonyl (C=O) groups excluding carboxylic acids is 2. The second-order valence-corrected chi connectivity index (χ2v) is 6.21. The molecule has 0 fully saturated rings. The van der Waals surface area contributed by atoms with Crippen molar-refractivity contribution >= 4 is 17.5 Å². The number of anilines is 1. The highest BCUT2D eigenvalue weighted by atomic mass is 16.5. The molecule has 0 spiro atoms. The fourth-order valence-electron chi connectivity index (χ4n) is 2.72. The molecule has 0 unspecified atom stereocenters. The molecule has 6 heteroatoms. The van der Waals surface area contributed by atoms with Crippen molar-refractivity contribution in [2.45, 2.75) is 6.42 Å². The summed E-state index contributed by atoms with van der Waals surface area (Å²) in [6, 6.07) is 23.7. The van der Waals surface area contributed by atoms with Crippen molar-refractivity contribution in [3.05, 3.63) is 84.4 Å². The first-order chi connectivity index (χ1) is 14.2. The Hall–Kier alpha value is -3.80. The van der Waals surface area contributed by atoms with Crippen LogP contribution < -0.4 is 20.1 Å². The van der Waals surface area contributed by atoms with E-state index in [1.54, 1.807) is 31.4 Å². The number of hydrogen-bond donors (Lipinski definition) is 2. The fraction of sp³-hybridized carbons (Fsp3) is 0.130. The van der Waals surface area contributed by atoms with Gasteiger partial charge in [0.1, 0.15) is 17.2 Å². The van der Waals surface area contributed by atoms with Gasteiger partial charge in [-0.2, -0.15) is 0 Å². The van der Waals surface area contributed by atoms with Gasteiger partial charge >= 0.3 is 11.8 Å². The molecule has 2 N–H and O–H groups in total. The average molecular weight is 390 g/mol. The van der Waals surface area contributed by atoms with E-state index in [0.29, 0.717) is 24.4 Å². The molecule has 6 nitrogen and oxygen atoms in total. The van der Waals surface area contributed by atoms with Crippen LogP contribution in [0.15, 0.2) is 78.9 Å². The Morgan fingerprint density at radius 3 is 2.17 bits per heavy atom. The molecule has 3 rings (SSSR count). The van der Waals surface area contributed by atoms with Crippen molar-refractivity contribution < 1.29 is 19.1 Å². The molecule has 0 heterocycles. The topological polar surface area (TPSA) is 76.7 Å². The number of para-hydroxylation sites is 2. The van der Waals surface area contributed by atoms with E-state index in [-0.39, 0.29) is 0 Å². The Labute approximate surface area is 169 Å². The van der Waals surface area contributed by atoms with E-state index in [9.17, 15) is 9.59 Å². The van der Waals surface area contributed by atoms with Crippen molar-refractivity contribution in [2.24, 2.45) is 0 Å². The fourth-order valence-corrected chi connectivity index (χ4v) is 2.72. The molecule has 3 aromatic rings. The van der Waals surface area contributed by atoms with Crippen LogP contribution in [0.5, 0.6) is 17.2 Å². The molecule has 0 atom stereocenters. The Bertz CT molecular complexity index is 956. The molecule has 3 aromatic carbocycles. The number of amides is 2. The normalized spacial score (nSPS) is 10.1. The predicted octanol–water partition coefficient (Wildman–Crippen LogP) is 3.78. The summed E-state index contributed by atoms with van der Waals surface area (Å²) in [4.78, 5) is 24.1. The Morgan fingerprint density at radius 2 is 1.45 bits per heavy atom. The summed E-state index contributed by atoms with van der Waals surface area (Å²) < 4.78 is 11.0. The number of methoxy groups -OCH3 is 1. The van der Waals surface area contributed by atoms with Crippen LogP contribution in [0.2, 0.25) is 0 Å². The maximum atomic E-state index is 12.1. The molecule has 0 aliphatic rings.